The second kappa shape index (κ2) is 9.96. The molecule has 2 aromatic carbocycles. The van der Waals surface area contributed by atoms with Gasteiger partial charge in [0.15, 0.2) is 0 Å². The quantitative estimate of drug-likeness (QED) is 0.649. The molecule has 2 aliphatic rings. The first-order chi connectivity index (χ1) is 14.7. The number of carbonyl (C=O) groups is 2. The molecule has 156 valence electrons. The zero-order valence-electron chi connectivity index (χ0n) is 17.1. The number of rotatable bonds is 5. The van der Waals surface area contributed by atoms with Gasteiger partial charge in [-0.25, -0.2) is 0 Å². The molecule has 0 saturated carbocycles. The van der Waals surface area contributed by atoms with Crippen LogP contribution in [0.5, 0.6) is 0 Å². The van der Waals surface area contributed by atoms with Crippen molar-refractivity contribution in [2.45, 2.75) is 30.6 Å². The molecule has 0 bridgehead atoms. The highest BCUT2D eigenvalue weighted by Crippen LogP contribution is 2.38. The molecule has 0 atom stereocenters. The summed E-state index contributed by atoms with van der Waals surface area (Å²) in [5.41, 5.74) is 2.39. The van der Waals surface area contributed by atoms with E-state index >= 15 is 0 Å². The molecular weight excluding hydrogens is 394 g/mol. The maximum absolute atomic E-state index is 12.4. The van der Waals surface area contributed by atoms with E-state index in [0.29, 0.717) is 17.0 Å². The van der Waals surface area contributed by atoms with Gasteiger partial charge in [-0.05, 0) is 61.6 Å². The fourth-order valence-electron chi connectivity index (χ4n) is 3.92. The van der Waals surface area contributed by atoms with Gasteiger partial charge >= 0.3 is 0 Å². The second-order valence-corrected chi connectivity index (χ2v) is 8.94. The molecule has 0 spiro atoms. The van der Waals surface area contributed by atoms with Crippen LogP contribution in [-0.4, -0.2) is 38.0 Å². The fourth-order valence-corrected chi connectivity index (χ4v) is 4.87. The van der Waals surface area contributed by atoms with Crippen LogP contribution < -0.4 is 15.5 Å². The molecule has 2 aromatic rings. The van der Waals surface area contributed by atoms with E-state index in [4.69, 9.17) is 0 Å². The monoisotopic (exact) mass is 422 g/mol. The summed E-state index contributed by atoms with van der Waals surface area (Å²) in [6.45, 7) is 4.13. The zero-order valence-corrected chi connectivity index (χ0v) is 17.9. The summed E-state index contributed by atoms with van der Waals surface area (Å²) < 4.78 is 0. The van der Waals surface area contributed by atoms with Crippen LogP contribution in [0.3, 0.4) is 0 Å². The van der Waals surface area contributed by atoms with Crippen molar-refractivity contribution in [1.29, 1.82) is 0 Å². The Balaban J connectivity index is 1.33. The molecule has 2 heterocycles. The largest absolute Gasteiger partial charge is 0.346 e. The molecule has 1 fully saturated rings. The molecule has 6 heteroatoms. The molecule has 2 aliphatic heterocycles. The summed E-state index contributed by atoms with van der Waals surface area (Å²) in [7, 11) is 0. The van der Waals surface area contributed by atoms with Crippen LogP contribution in [0.2, 0.25) is 0 Å². The number of amides is 2. The maximum Gasteiger partial charge on any atom is 0.262 e. The second-order valence-electron chi connectivity index (χ2n) is 7.85. The van der Waals surface area contributed by atoms with E-state index in [2.05, 4.69) is 10.6 Å². The van der Waals surface area contributed by atoms with Gasteiger partial charge in [-0.15, -0.1) is 0 Å². The van der Waals surface area contributed by atoms with Crippen LogP contribution in [0.4, 0.5) is 5.69 Å². The molecule has 0 unspecified atom stereocenters. The van der Waals surface area contributed by atoms with Crippen molar-refractivity contribution in [3.05, 3.63) is 64.6 Å². The number of fused-ring (bicyclic) bond motifs is 1. The predicted octanol–water partition coefficient (Wildman–Crippen LogP) is 2.96. The molecule has 4 rings (SSSR count). The third-order valence-electron chi connectivity index (χ3n) is 5.62. The Labute approximate surface area is 181 Å². The van der Waals surface area contributed by atoms with E-state index < -0.39 is 0 Å². The molecule has 0 aromatic heterocycles. The Morgan fingerprint density at radius 3 is 2.53 bits per heavy atom. The van der Waals surface area contributed by atoms with E-state index in [1.807, 2.05) is 54.6 Å². The van der Waals surface area contributed by atoms with Gasteiger partial charge in [0.05, 0.1) is 36.8 Å². The average molecular weight is 423 g/mol. The van der Waals surface area contributed by atoms with Gasteiger partial charge < -0.3 is 15.5 Å². The summed E-state index contributed by atoms with van der Waals surface area (Å²) in [6, 6.07) is 15.2. The topological polar surface area (TPSA) is 62.6 Å². The molecule has 3 N–H and O–H groups in total. The number of likely N-dealkylation sites (tertiary alicyclic amines) is 1. The first-order valence-corrected chi connectivity index (χ1v) is 11.5. The lowest BCUT2D eigenvalue weighted by Crippen LogP contribution is -3.12. The van der Waals surface area contributed by atoms with Crippen molar-refractivity contribution < 1.29 is 14.5 Å². The fraction of sp³-hybridized carbons (Fsp3) is 0.333. The van der Waals surface area contributed by atoms with Crippen LogP contribution in [0, 0.1) is 0 Å². The van der Waals surface area contributed by atoms with Gasteiger partial charge in [0.25, 0.3) is 11.8 Å². The number of benzene rings is 2. The van der Waals surface area contributed by atoms with Crippen molar-refractivity contribution in [2.75, 3.05) is 31.5 Å². The SMILES string of the molecule is O=C1Nc2ccccc2SC1=Cc1ccc(C(=O)NCC[NH+]2CCCCCC2)cc1. The normalized spacial score (nSPS) is 18.4. The van der Waals surface area contributed by atoms with Crippen LogP contribution >= 0.6 is 11.8 Å². The number of anilines is 1. The molecule has 0 radical (unpaired) electrons. The van der Waals surface area contributed by atoms with Crippen LogP contribution in [-0.2, 0) is 4.79 Å². The van der Waals surface area contributed by atoms with Gasteiger partial charge in [0.1, 0.15) is 0 Å². The molecule has 5 nitrogen and oxygen atoms in total. The average Bonchev–Trinajstić information content (AvgIpc) is 3.03. The number of carbonyl (C=O) groups excluding carboxylic acids is 2. The van der Waals surface area contributed by atoms with E-state index in [-0.39, 0.29) is 11.8 Å². The highest BCUT2D eigenvalue weighted by molar-refractivity contribution is 8.04. The number of hydrogen-bond donors (Lipinski definition) is 3. The Hall–Kier alpha value is -2.57. The van der Waals surface area contributed by atoms with Gasteiger partial charge in [-0.1, -0.05) is 36.0 Å². The summed E-state index contributed by atoms with van der Waals surface area (Å²) in [4.78, 5) is 28.1. The van der Waals surface area contributed by atoms with Crippen LogP contribution in [0.25, 0.3) is 6.08 Å². The van der Waals surface area contributed by atoms with Crippen molar-refractivity contribution >= 4 is 35.3 Å². The van der Waals surface area contributed by atoms with Crippen molar-refractivity contribution in [3.8, 4) is 0 Å². The third-order valence-corrected chi connectivity index (χ3v) is 6.72. The van der Waals surface area contributed by atoms with Gasteiger partial charge in [-0.2, -0.15) is 0 Å². The molecule has 0 aliphatic carbocycles. The lowest BCUT2D eigenvalue weighted by molar-refractivity contribution is -0.898. The number of quaternary nitrogens is 1. The van der Waals surface area contributed by atoms with E-state index in [9.17, 15) is 9.59 Å². The number of thioether (sulfide) groups is 1. The summed E-state index contributed by atoms with van der Waals surface area (Å²) in [6.07, 6.45) is 7.13. The lowest BCUT2D eigenvalue weighted by atomic mass is 10.1. The minimum Gasteiger partial charge on any atom is -0.346 e. The Bertz CT molecular complexity index is 932. The standard InChI is InChI=1S/C24H27N3O2S/c28-23(25-13-16-27-14-5-1-2-6-15-27)19-11-9-18(10-12-19)17-22-24(29)26-20-7-3-4-8-21(20)30-22/h3-4,7-12,17H,1-2,5-6,13-16H2,(H,25,28)(H,26,29)/p+1. The predicted molar refractivity (Wildman–Crippen MR) is 122 cm³/mol. The van der Waals surface area contributed by atoms with Gasteiger partial charge in [0.2, 0.25) is 0 Å². The highest BCUT2D eigenvalue weighted by atomic mass is 32.2. The van der Waals surface area contributed by atoms with Gasteiger partial charge in [-0.3, -0.25) is 9.59 Å². The Morgan fingerprint density at radius 1 is 1.03 bits per heavy atom. The minimum absolute atomic E-state index is 0.0397. The number of nitrogens with one attached hydrogen (secondary N) is 3. The van der Waals surface area contributed by atoms with E-state index in [1.165, 1.54) is 50.5 Å². The van der Waals surface area contributed by atoms with Crippen molar-refractivity contribution in [2.24, 2.45) is 0 Å². The van der Waals surface area contributed by atoms with Crippen molar-refractivity contribution in [3.63, 3.8) is 0 Å². The Kier molecular flexibility index (Phi) is 6.87. The molecule has 30 heavy (non-hydrogen) atoms. The molecular formula is C24H28N3O2S+. The van der Waals surface area contributed by atoms with Crippen molar-refractivity contribution in [1.82, 2.24) is 5.32 Å². The summed E-state index contributed by atoms with van der Waals surface area (Å²) >= 11 is 1.46. The Morgan fingerprint density at radius 2 is 1.77 bits per heavy atom. The first kappa shape index (κ1) is 20.7. The zero-order chi connectivity index (χ0) is 20.8. The van der Waals surface area contributed by atoms with Crippen LogP contribution in [0.1, 0.15) is 41.6 Å². The first-order valence-electron chi connectivity index (χ1n) is 10.7. The van der Waals surface area contributed by atoms with Gasteiger partial charge in [0, 0.05) is 10.5 Å². The molecule has 2 amide bonds. The number of para-hydroxylation sites is 1. The smallest absolute Gasteiger partial charge is 0.262 e. The maximum atomic E-state index is 12.4. The minimum atomic E-state index is -0.100. The third kappa shape index (κ3) is 5.32. The van der Waals surface area contributed by atoms with E-state index in [0.717, 1.165) is 22.7 Å². The summed E-state index contributed by atoms with van der Waals surface area (Å²) in [5.74, 6) is -0.140. The number of hydrogen-bond acceptors (Lipinski definition) is 3. The van der Waals surface area contributed by atoms with Crippen LogP contribution in [0.15, 0.2) is 58.3 Å². The molecule has 1 saturated heterocycles. The van der Waals surface area contributed by atoms with E-state index in [1.54, 1.807) is 4.90 Å². The lowest BCUT2D eigenvalue weighted by Gasteiger charge is -2.18. The summed E-state index contributed by atoms with van der Waals surface area (Å²) in [5, 5.41) is 5.96. The highest BCUT2D eigenvalue weighted by Gasteiger charge is 2.20.